The van der Waals surface area contributed by atoms with E-state index < -0.39 is 0 Å². The zero-order valence-electron chi connectivity index (χ0n) is 10.9. The first-order valence-corrected chi connectivity index (χ1v) is 7.89. The lowest BCUT2D eigenvalue weighted by atomic mass is 9.54. The lowest BCUT2D eigenvalue weighted by Crippen LogP contribution is -2.59. The van der Waals surface area contributed by atoms with Crippen LogP contribution >= 0.6 is 0 Å². The Morgan fingerprint density at radius 2 is 1.29 bits per heavy atom. The normalized spacial score (nSPS) is 49.8. The summed E-state index contributed by atoms with van der Waals surface area (Å²) < 4.78 is 0. The minimum absolute atomic E-state index is 0.848. The number of piperidine rings is 1. The van der Waals surface area contributed by atoms with Gasteiger partial charge in [-0.3, -0.25) is 5.43 Å². The number of nitrogens with one attached hydrogen (secondary N) is 1. The largest absolute Gasteiger partial charge is 0.252 e. The van der Waals surface area contributed by atoms with Crippen LogP contribution in [0.5, 0.6) is 0 Å². The van der Waals surface area contributed by atoms with Crippen LogP contribution < -0.4 is 5.43 Å². The summed E-state index contributed by atoms with van der Waals surface area (Å²) >= 11 is 0. The molecule has 1 saturated heterocycles. The van der Waals surface area contributed by atoms with Gasteiger partial charge in [-0.25, -0.2) is 5.01 Å². The summed E-state index contributed by atoms with van der Waals surface area (Å²) in [6.07, 6.45) is 12.0. The molecule has 0 unspecified atom stereocenters. The van der Waals surface area contributed by atoms with E-state index in [1.807, 2.05) is 0 Å². The fourth-order valence-electron chi connectivity index (χ4n) is 5.37. The molecule has 0 aromatic carbocycles. The summed E-state index contributed by atoms with van der Waals surface area (Å²) in [7, 11) is 0. The molecule has 5 rings (SSSR count). The fraction of sp³-hybridized carbons (Fsp3) is 1.00. The van der Waals surface area contributed by atoms with Gasteiger partial charge < -0.3 is 0 Å². The number of nitrogens with zero attached hydrogens (tertiary/aromatic N) is 1. The van der Waals surface area contributed by atoms with Crippen molar-refractivity contribution in [3.8, 4) is 0 Å². The predicted molar refractivity (Wildman–Crippen MR) is 69.4 cm³/mol. The van der Waals surface area contributed by atoms with Crippen LogP contribution in [-0.4, -0.2) is 24.1 Å². The minimum atomic E-state index is 0.848. The molecule has 0 amide bonds. The monoisotopic (exact) mass is 234 g/mol. The highest BCUT2D eigenvalue weighted by molar-refractivity contribution is 5.01. The molecule has 0 radical (unpaired) electrons. The van der Waals surface area contributed by atoms with Crippen LogP contribution in [0.25, 0.3) is 0 Å². The van der Waals surface area contributed by atoms with Crippen molar-refractivity contribution in [1.82, 2.24) is 10.4 Å². The van der Waals surface area contributed by atoms with Gasteiger partial charge in [0.1, 0.15) is 0 Å². The van der Waals surface area contributed by atoms with Gasteiger partial charge in [0.25, 0.3) is 0 Å². The third-order valence-corrected chi connectivity index (χ3v) is 5.91. The van der Waals surface area contributed by atoms with Crippen LogP contribution in [0.15, 0.2) is 0 Å². The highest BCUT2D eigenvalue weighted by Gasteiger charge is 2.48. The van der Waals surface area contributed by atoms with Crippen LogP contribution in [0.1, 0.15) is 51.4 Å². The smallest absolute Gasteiger partial charge is 0.0272 e. The van der Waals surface area contributed by atoms with Gasteiger partial charge in [0, 0.05) is 19.1 Å². The first kappa shape index (κ1) is 10.8. The Hall–Kier alpha value is -0.0800. The average molecular weight is 234 g/mol. The molecule has 4 bridgehead atoms. The van der Waals surface area contributed by atoms with Crippen molar-refractivity contribution in [1.29, 1.82) is 0 Å². The SMILES string of the molecule is C1CCN(NC2C3CC4CC(C3)CC2C4)CC1. The molecule has 4 saturated carbocycles. The second kappa shape index (κ2) is 4.24. The Kier molecular flexibility index (Phi) is 2.69. The third-order valence-electron chi connectivity index (χ3n) is 5.91. The Morgan fingerprint density at radius 1 is 0.706 bits per heavy atom. The number of hydrazine groups is 1. The summed E-state index contributed by atoms with van der Waals surface area (Å²) in [4.78, 5) is 0. The lowest BCUT2D eigenvalue weighted by Gasteiger charge is -2.55. The minimum Gasteiger partial charge on any atom is -0.252 e. The van der Waals surface area contributed by atoms with E-state index in [4.69, 9.17) is 0 Å². The first-order valence-electron chi connectivity index (χ1n) is 7.89. The van der Waals surface area contributed by atoms with Gasteiger partial charge in [0.05, 0.1) is 0 Å². The molecule has 0 atom stereocenters. The fourth-order valence-corrected chi connectivity index (χ4v) is 5.37. The molecule has 0 spiro atoms. The molecule has 1 heterocycles. The molecule has 5 aliphatic rings. The van der Waals surface area contributed by atoms with Crippen molar-refractivity contribution in [2.75, 3.05) is 13.1 Å². The second-order valence-corrected chi connectivity index (χ2v) is 7.13. The molecule has 1 N–H and O–H groups in total. The molecule has 2 nitrogen and oxygen atoms in total. The summed E-state index contributed by atoms with van der Waals surface area (Å²) in [5.74, 6) is 4.26. The summed E-state index contributed by atoms with van der Waals surface area (Å²) in [6, 6.07) is 0.848. The van der Waals surface area contributed by atoms with Crippen molar-refractivity contribution < 1.29 is 0 Å². The maximum atomic E-state index is 3.93. The van der Waals surface area contributed by atoms with Crippen LogP contribution in [0.2, 0.25) is 0 Å². The first-order chi connectivity index (χ1) is 8.38. The van der Waals surface area contributed by atoms with Crippen LogP contribution in [-0.2, 0) is 0 Å². The Balaban J connectivity index is 1.43. The molecule has 5 fully saturated rings. The number of hydrogen-bond acceptors (Lipinski definition) is 2. The predicted octanol–water partition coefficient (Wildman–Crippen LogP) is 2.80. The van der Waals surface area contributed by atoms with Gasteiger partial charge >= 0.3 is 0 Å². The van der Waals surface area contributed by atoms with Crippen molar-refractivity contribution >= 4 is 0 Å². The molecular formula is C15H26N2. The van der Waals surface area contributed by atoms with Crippen LogP contribution in [0, 0.1) is 23.7 Å². The summed E-state index contributed by atoms with van der Waals surface area (Å²) in [5.41, 5.74) is 3.93. The molecule has 2 heteroatoms. The zero-order chi connectivity index (χ0) is 11.2. The maximum absolute atomic E-state index is 3.93. The third kappa shape index (κ3) is 1.94. The van der Waals surface area contributed by atoms with Crippen molar-refractivity contribution in [3.63, 3.8) is 0 Å². The average Bonchev–Trinajstić information content (AvgIpc) is 2.34. The molecular weight excluding hydrogens is 208 g/mol. The van der Waals surface area contributed by atoms with Gasteiger partial charge in [0.15, 0.2) is 0 Å². The molecule has 17 heavy (non-hydrogen) atoms. The van der Waals surface area contributed by atoms with E-state index in [1.165, 1.54) is 32.4 Å². The Labute approximate surface area is 105 Å². The van der Waals surface area contributed by atoms with E-state index in [1.54, 1.807) is 32.1 Å². The van der Waals surface area contributed by atoms with E-state index in [9.17, 15) is 0 Å². The van der Waals surface area contributed by atoms with Crippen LogP contribution in [0.4, 0.5) is 0 Å². The van der Waals surface area contributed by atoms with Gasteiger partial charge in [-0.1, -0.05) is 6.42 Å². The number of rotatable bonds is 2. The van der Waals surface area contributed by atoms with E-state index in [0.29, 0.717) is 0 Å². The molecule has 96 valence electrons. The Morgan fingerprint density at radius 3 is 1.88 bits per heavy atom. The summed E-state index contributed by atoms with van der Waals surface area (Å²) in [6.45, 7) is 2.59. The van der Waals surface area contributed by atoms with Gasteiger partial charge in [-0.2, -0.15) is 0 Å². The summed E-state index contributed by atoms with van der Waals surface area (Å²) in [5, 5.41) is 2.55. The van der Waals surface area contributed by atoms with Gasteiger partial charge in [0.2, 0.25) is 0 Å². The number of hydrogen-bond donors (Lipinski definition) is 1. The van der Waals surface area contributed by atoms with Crippen LogP contribution in [0.3, 0.4) is 0 Å². The molecule has 0 aromatic heterocycles. The van der Waals surface area contributed by atoms with Crippen molar-refractivity contribution in [2.45, 2.75) is 57.4 Å². The standard InChI is InChI=1S/C15H26N2/c1-2-4-17(5-3-1)16-15-13-7-11-6-12(9-13)10-14(15)8-11/h11-16H,1-10H2. The van der Waals surface area contributed by atoms with Gasteiger partial charge in [-0.05, 0) is 68.6 Å². The van der Waals surface area contributed by atoms with Crippen molar-refractivity contribution in [2.24, 2.45) is 23.7 Å². The van der Waals surface area contributed by atoms with E-state index in [2.05, 4.69) is 10.4 Å². The second-order valence-electron chi connectivity index (χ2n) is 7.13. The van der Waals surface area contributed by atoms with Gasteiger partial charge in [-0.15, -0.1) is 0 Å². The van der Waals surface area contributed by atoms with E-state index >= 15 is 0 Å². The van der Waals surface area contributed by atoms with E-state index in [0.717, 1.165) is 29.7 Å². The molecule has 4 aliphatic carbocycles. The molecule has 0 aromatic rings. The Bertz CT molecular complexity index is 255. The highest BCUT2D eigenvalue weighted by atomic mass is 15.5. The molecule has 1 aliphatic heterocycles. The maximum Gasteiger partial charge on any atom is 0.0272 e. The zero-order valence-corrected chi connectivity index (χ0v) is 10.9. The topological polar surface area (TPSA) is 15.3 Å². The van der Waals surface area contributed by atoms with E-state index in [-0.39, 0.29) is 0 Å². The van der Waals surface area contributed by atoms with Crippen molar-refractivity contribution in [3.05, 3.63) is 0 Å². The highest BCUT2D eigenvalue weighted by Crippen LogP contribution is 2.53. The lowest BCUT2D eigenvalue weighted by molar-refractivity contribution is -0.0464. The quantitative estimate of drug-likeness (QED) is 0.790.